The van der Waals surface area contributed by atoms with Crippen LogP contribution in [-0.4, -0.2) is 34.8 Å². The Morgan fingerprint density at radius 3 is 2.66 bits per heavy atom. The second kappa shape index (κ2) is 10.3. The molecule has 0 aliphatic heterocycles. The Kier molecular flexibility index (Phi) is 7.47. The van der Waals surface area contributed by atoms with Crippen LogP contribution in [0.2, 0.25) is 0 Å². The summed E-state index contributed by atoms with van der Waals surface area (Å²) >= 11 is 0. The summed E-state index contributed by atoms with van der Waals surface area (Å²) in [7, 11) is 1.57. The van der Waals surface area contributed by atoms with Crippen molar-refractivity contribution in [2.24, 2.45) is 0 Å². The van der Waals surface area contributed by atoms with E-state index in [1.807, 2.05) is 0 Å². The summed E-state index contributed by atoms with van der Waals surface area (Å²) in [4.78, 5) is 16.3. The highest BCUT2D eigenvalue weighted by molar-refractivity contribution is 5.75. The number of carbonyl (C=O) groups is 1. The van der Waals surface area contributed by atoms with Crippen molar-refractivity contribution in [3.8, 4) is 17.1 Å². The van der Waals surface area contributed by atoms with E-state index in [9.17, 15) is 23.1 Å². The molecule has 10 heteroatoms. The molecule has 2 N–H and O–H groups in total. The summed E-state index contributed by atoms with van der Waals surface area (Å²) in [6.45, 7) is -0.192. The molecule has 2 aromatic carbocycles. The number of rotatable bonds is 9. The first-order valence-electron chi connectivity index (χ1n) is 9.85. The van der Waals surface area contributed by atoms with Gasteiger partial charge in [-0.2, -0.15) is 18.2 Å². The zero-order chi connectivity index (χ0) is 23.1. The molecule has 0 spiro atoms. The van der Waals surface area contributed by atoms with Gasteiger partial charge in [0.05, 0.1) is 18.8 Å². The van der Waals surface area contributed by atoms with E-state index in [4.69, 9.17) is 9.26 Å². The Hall–Kier alpha value is -3.40. The van der Waals surface area contributed by atoms with Crippen LogP contribution in [0.5, 0.6) is 5.75 Å². The lowest BCUT2D eigenvalue weighted by Gasteiger charge is -2.14. The minimum absolute atomic E-state index is 0.0806. The molecule has 1 unspecified atom stereocenters. The Labute approximate surface area is 182 Å². The fourth-order valence-electron chi connectivity index (χ4n) is 2.95. The zero-order valence-electron chi connectivity index (χ0n) is 17.2. The van der Waals surface area contributed by atoms with Crippen molar-refractivity contribution in [2.45, 2.75) is 31.5 Å². The fraction of sp³-hybridized carbons (Fsp3) is 0.318. The van der Waals surface area contributed by atoms with Gasteiger partial charge in [0.2, 0.25) is 17.6 Å². The summed E-state index contributed by atoms with van der Waals surface area (Å²) in [6.07, 6.45) is -4.80. The quantitative estimate of drug-likeness (QED) is 0.514. The molecule has 1 heterocycles. The van der Waals surface area contributed by atoms with Crippen molar-refractivity contribution in [3.05, 3.63) is 65.5 Å². The first-order valence-corrected chi connectivity index (χ1v) is 9.85. The average Bonchev–Trinajstić information content (AvgIpc) is 3.26. The van der Waals surface area contributed by atoms with Gasteiger partial charge in [-0.15, -0.1) is 0 Å². The molecule has 3 rings (SSSR count). The Morgan fingerprint density at radius 2 is 1.97 bits per heavy atom. The lowest BCUT2D eigenvalue weighted by atomic mass is 10.1. The lowest BCUT2D eigenvalue weighted by molar-refractivity contribution is -0.137. The zero-order valence-corrected chi connectivity index (χ0v) is 17.2. The second-order valence-electron chi connectivity index (χ2n) is 7.04. The molecule has 170 valence electrons. The van der Waals surface area contributed by atoms with Crippen LogP contribution < -0.4 is 10.1 Å². The minimum Gasteiger partial charge on any atom is -0.497 e. The van der Waals surface area contributed by atoms with Gasteiger partial charge in [0, 0.05) is 24.9 Å². The summed E-state index contributed by atoms with van der Waals surface area (Å²) < 4.78 is 48.6. The maximum atomic E-state index is 12.8. The predicted octanol–water partition coefficient (Wildman–Crippen LogP) is 3.94. The number of aliphatic hydroxyl groups is 1. The molecule has 3 aromatic rings. The molecule has 0 saturated heterocycles. The molecule has 0 bridgehead atoms. The number of hydrogen-bond donors (Lipinski definition) is 2. The molecule has 0 saturated carbocycles. The largest absolute Gasteiger partial charge is 0.497 e. The maximum Gasteiger partial charge on any atom is 0.416 e. The molecular weight excluding hydrogens is 427 g/mol. The van der Waals surface area contributed by atoms with Crippen molar-refractivity contribution < 1.29 is 32.3 Å². The Morgan fingerprint density at radius 1 is 1.22 bits per heavy atom. The standard InChI is InChI=1S/C22H22F3N3O4/c1-31-17-10-8-14(9-11-17)21-27-20(32-28-21)7-3-6-19(30)26-13-18(29)15-4-2-5-16(12-15)22(23,24)25/h2,4-5,8-12,18,29H,3,6-7,13H2,1H3,(H,26,30). The van der Waals surface area contributed by atoms with E-state index in [0.29, 0.717) is 30.3 Å². The summed E-state index contributed by atoms with van der Waals surface area (Å²) in [6, 6.07) is 11.6. The van der Waals surface area contributed by atoms with Gasteiger partial charge in [0.1, 0.15) is 5.75 Å². The third-order valence-electron chi connectivity index (χ3n) is 4.70. The number of amides is 1. The van der Waals surface area contributed by atoms with Crippen molar-refractivity contribution in [1.82, 2.24) is 15.5 Å². The Balaban J connectivity index is 1.43. The number of methoxy groups -OCH3 is 1. The van der Waals surface area contributed by atoms with Crippen LogP contribution in [-0.2, 0) is 17.4 Å². The van der Waals surface area contributed by atoms with Gasteiger partial charge in [-0.1, -0.05) is 17.3 Å². The van der Waals surface area contributed by atoms with E-state index in [1.54, 1.807) is 31.4 Å². The number of benzene rings is 2. The van der Waals surface area contributed by atoms with Gasteiger partial charge in [-0.25, -0.2) is 0 Å². The number of aryl methyl sites for hydroxylation is 1. The molecule has 0 aliphatic carbocycles. The second-order valence-corrected chi connectivity index (χ2v) is 7.04. The monoisotopic (exact) mass is 449 g/mol. The van der Waals surface area contributed by atoms with Crippen LogP contribution in [0.1, 0.15) is 36.0 Å². The van der Waals surface area contributed by atoms with E-state index < -0.39 is 17.8 Å². The summed E-state index contributed by atoms with van der Waals surface area (Å²) in [5.41, 5.74) is -0.00638. The highest BCUT2D eigenvalue weighted by atomic mass is 19.4. The van der Waals surface area contributed by atoms with Gasteiger partial charge < -0.3 is 19.7 Å². The molecule has 1 amide bonds. The normalized spacial score (nSPS) is 12.4. The van der Waals surface area contributed by atoms with E-state index in [0.717, 1.165) is 17.7 Å². The van der Waals surface area contributed by atoms with Crippen molar-refractivity contribution in [3.63, 3.8) is 0 Å². The highest BCUT2D eigenvalue weighted by Crippen LogP contribution is 2.30. The highest BCUT2D eigenvalue weighted by Gasteiger charge is 2.30. The molecule has 0 fully saturated rings. The van der Waals surface area contributed by atoms with Crippen LogP contribution in [0.4, 0.5) is 13.2 Å². The van der Waals surface area contributed by atoms with Crippen LogP contribution in [0.3, 0.4) is 0 Å². The van der Waals surface area contributed by atoms with Crippen LogP contribution in [0.15, 0.2) is 53.1 Å². The molecule has 1 aromatic heterocycles. The molecule has 7 nitrogen and oxygen atoms in total. The van der Waals surface area contributed by atoms with Gasteiger partial charge in [0.25, 0.3) is 0 Å². The predicted molar refractivity (Wildman–Crippen MR) is 109 cm³/mol. The van der Waals surface area contributed by atoms with Crippen molar-refractivity contribution >= 4 is 5.91 Å². The number of alkyl halides is 3. The van der Waals surface area contributed by atoms with Crippen LogP contribution in [0.25, 0.3) is 11.4 Å². The summed E-state index contributed by atoms with van der Waals surface area (Å²) in [5, 5.41) is 16.5. The maximum absolute atomic E-state index is 12.8. The van der Waals surface area contributed by atoms with E-state index in [2.05, 4.69) is 15.5 Å². The number of halogens is 3. The number of aromatic nitrogens is 2. The lowest BCUT2D eigenvalue weighted by Crippen LogP contribution is -2.28. The first kappa shape index (κ1) is 23.3. The fourth-order valence-corrected chi connectivity index (χ4v) is 2.95. The third-order valence-corrected chi connectivity index (χ3v) is 4.70. The smallest absolute Gasteiger partial charge is 0.416 e. The molecular formula is C22H22F3N3O4. The third kappa shape index (κ3) is 6.30. The van der Waals surface area contributed by atoms with Gasteiger partial charge in [-0.05, 0) is 48.4 Å². The van der Waals surface area contributed by atoms with Crippen LogP contribution >= 0.6 is 0 Å². The molecule has 0 radical (unpaired) electrons. The number of ether oxygens (including phenoxy) is 1. The van der Waals surface area contributed by atoms with E-state index in [-0.39, 0.29) is 24.4 Å². The molecule has 0 aliphatic rings. The molecule has 32 heavy (non-hydrogen) atoms. The number of carbonyl (C=O) groups excluding carboxylic acids is 1. The van der Waals surface area contributed by atoms with Crippen molar-refractivity contribution in [2.75, 3.05) is 13.7 Å². The Bertz CT molecular complexity index is 1040. The number of aliphatic hydroxyl groups excluding tert-OH is 1. The topological polar surface area (TPSA) is 97.5 Å². The van der Waals surface area contributed by atoms with Gasteiger partial charge >= 0.3 is 6.18 Å². The SMILES string of the molecule is COc1ccc(-c2noc(CCCC(=O)NCC(O)c3cccc(C(F)(F)F)c3)n2)cc1. The number of nitrogens with zero attached hydrogens (tertiary/aromatic N) is 2. The minimum atomic E-state index is -4.50. The van der Waals surface area contributed by atoms with Crippen LogP contribution in [0, 0.1) is 0 Å². The van der Waals surface area contributed by atoms with Gasteiger partial charge in [-0.3, -0.25) is 4.79 Å². The van der Waals surface area contributed by atoms with Crippen molar-refractivity contribution in [1.29, 1.82) is 0 Å². The van der Waals surface area contributed by atoms with E-state index >= 15 is 0 Å². The number of nitrogens with one attached hydrogen (secondary N) is 1. The number of hydrogen-bond acceptors (Lipinski definition) is 6. The van der Waals surface area contributed by atoms with E-state index in [1.165, 1.54) is 12.1 Å². The first-order chi connectivity index (χ1) is 15.3. The summed E-state index contributed by atoms with van der Waals surface area (Å²) in [5.74, 6) is 1.18. The van der Waals surface area contributed by atoms with Gasteiger partial charge in [0.15, 0.2) is 0 Å². The average molecular weight is 449 g/mol. The molecule has 1 atom stereocenters.